The molecule has 4 nitrogen and oxygen atoms in total. The van der Waals surface area contributed by atoms with Crippen molar-refractivity contribution < 1.29 is 0 Å². The first-order valence-corrected chi connectivity index (χ1v) is 10.3. The fourth-order valence-corrected chi connectivity index (χ4v) is 5.56. The van der Waals surface area contributed by atoms with Crippen LogP contribution in [0.4, 0.5) is 0 Å². The lowest BCUT2D eigenvalue weighted by Crippen LogP contribution is -2.31. The number of likely N-dealkylation sites (N-methyl/N-ethyl adjacent to an activating group) is 1. The van der Waals surface area contributed by atoms with Crippen molar-refractivity contribution in [1.82, 2.24) is 19.2 Å². The van der Waals surface area contributed by atoms with Gasteiger partial charge in [0, 0.05) is 66.8 Å². The highest BCUT2D eigenvalue weighted by Crippen LogP contribution is 2.43. The molecule has 3 aromatic heterocycles. The Balaban J connectivity index is 1.74. The zero-order valence-corrected chi connectivity index (χ0v) is 17.0. The molecule has 0 saturated heterocycles. The van der Waals surface area contributed by atoms with Gasteiger partial charge in [0.1, 0.15) is 0 Å². The summed E-state index contributed by atoms with van der Waals surface area (Å²) in [5.41, 5.74) is 9.53. The highest BCUT2D eigenvalue weighted by Gasteiger charge is 2.32. The molecular weight excluding hydrogens is 352 g/mol. The number of hydrogen-bond donors (Lipinski definition) is 0. The zero-order valence-electron chi connectivity index (χ0n) is 16.2. The van der Waals surface area contributed by atoms with E-state index in [2.05, 4.69) is 70.6 Å². The lowest BCUT2D eigenvalue weighted by molar-refractivity contribution is 0.292. The summed E-state index contributed by atoms with van der Waals surface area (Å²) in [6.45, 7) is 4.23. The monoisotopic (exact) mass is 376 g/mol. The maximum Gasteiger partial charge on any atom is 0.0690 e. The molecule has 0 spiro atoms. The van der Waals surface area contributed by atoms with Gasteiger partial charge in [0.25, 0.3) is 0 Å². The molecule has 0 aliphatic carbocycles. The van der Waals surface area contributed by atoms with Gasteiger partial charge in [0.2, 0.25) is 0 Å². The van der Waals surface area contributed by atoms with Crippen molar-refractivity contribution in [2.75, 3.05) is 13.6 Å². The first-order chi connectivity index (χ1) is 13.0. The number of nitrogens with zero attached hydrogens (tertiary/aromatic N) is 4. The molecule has 0 bridgehead atoms. The molecule has 5 rings (SSSR count). The third kappa shape index (κ3) is 2.49. The van der Waals surface area contributed by atoms with Crippen molar-refractivity contribution >= 4 is 22.2 Å². The summed E-state index contributed by atoms with van der Waals surface area (Å²) in [7, 11) is 6.49. The second kappa shape index (κ2) is 6.08. The van der Waals surface area contributed by atoms with Crippen molar-refractivity contribution in [2.45, 2.75) is 19.4 Å². The molecule has 1 atom stereocenters. The largest absolute Gasteiger partial charge is 0.347 e. The Labute approximate surface area is 163 Å². The van der Waals surface area contributed by atoms with Gasteiger partial charge in [-0.3, -0.25) is 4.68 Å². The van der Waals surface area contributed by atoms with E-state index in [4.69, 9.17) is 0 Å². The quantitative estimate of drug-likeness (QED) is 0.514. The van der Waals surface area contributed by atoms with Gasteiger partial charge in [-0.15, -0.1) is 0 Å². The van der Waals surface area contributed by atoms with Gasteiger partial charge in [0.05, 0.1) is 5.69 Å². The second-order valence-electron chi connectivity index (χ2n) is 7.77. The number of benzene rings is 1. The lowest BCUT2D eigenvalue weighted by atomic mass is 9.87. The van der Waals surface area contributed by atoms with Gasteiger partial charge in [0.15, 0.2) is 0 Å². The van der Waals surface area contributed by atoms with Gasteiger partial charge in [-0.2, -0.15) is 16.4 Å². The summed E-state index contributed by atoms with van der Waals surface area (Å²) < 4.78 is 4.40. The predicted molar refractivity (Wildman–Crippen MR) is 112 cm³/mol. The van der Waals surface area contributed by atoms with Crippen molar-refractivity contribution in [3.05, 3.63) is 63.6 Å². The maximum absolute atomic E-state index is 4.39. The molecular formula is C22H24N4S. The fraction of sp³-hybridized carbons (Fsp3) is 0.318. The fourth-order valence-electron chi connectivity index (χ4n) is 4.67. The van der Waals surface area contributed by atoms with Crippen LogP contribution < -0.4 is 0 Å². The molecule has 0 amide bonds. The van der Waals surface area contributed by atoms with Crippen molar-refractivity contribution in [2.24, 2.45) is 14.1 Å². The Morgan fingerprint density at radius 3 is 2.74 bits per heavy atom. The van der Waals surface area contributed by atoms with E-state index < -0.39 is 0 Å². The van der Waals surface area contributed by atoms with E-state index in [-0.39, 0.29) is 0 Å². The van der Waals surface area contributed by atoms with E-state index in [1.54, 1.807) is 11.3 Å². The number of rotatable bonds is 2. The first kappa shape index (κ1) is 16.8. The molecule has 0 N–H and O–H groups in total. The van der Waals surface area contributed by atoms with Crippen LogP contribution in [0.25, 0.3) is 22.2 Å². The number of fused-ring (bicyclic) bond motifs is 3. The van der Waals surface area contributed by atoms with Crippen molar-refractivity contribution in [1.29, 1.82) is 0 Å². The van der Waals surface area contributed by atoms with Crippen LogP contribution in [0.15, 0.2) is 41.2 Å². The standard InChI is InChI=1S/C22H24N4S/c1-14-5-6-20-15(9-14)16-10-24(2)11-17(22(16)25(20)3)18-12-27-13-19(18)21-7-8-23-26(21)4/h5-9,12-13,17H,10-11H2,1-4H3. The van der Waals surface area contributed by atoms with E-state index >= 15 is 0 Å². The summed E-state index contributed by atoms with van der Waals surface area (Å²) in [5.74, 6) is 0.368. The average molecular weight is 377 g/mol. The Hall–Kier alpha value is -2.37. The SMILES string of the molecule is Cc1ccc2c(c1)c1c(n2C)C(c2cscc2-c2ccnn2C)CN(C)C1. The summed E-state index contributed by atoms with van der Waals surface area (Å²) in [6.07, 6.45) is 1.88. The summed E-state index contributed by atoms with van der Waals surface area (Å²) in [6, 6.07) is 8.96. The molecule has 5 heteroatoms. The molecule has 1 aromatic carbocycles. The topological polar surface area (TPSA) is 26.0 Å². The highest BCUT2D eigenvalue weighted by atomic mass is 32.1. The van der Waals surface area contributed by atoms with Crippen molar-refractivity contribution in [3.8, 4) is 11.3 Å². The summed E-state index contributed by atoms with van der Waals surface area (Å²) in [4.78, 5) is 2.46. The Bertz CT molecular complexity index is 1150. The minimum Gasteiger partial charge on any atom is -0.347 e. The van der Waals surface area contributed by atoms with Crippen LogP contribution in [0.3, 0.4) is 0 Å². The Morgan fingerprint density at radius 2 is 1.96 bits per heavy atom. The van der Waals surface area contributed by atoms with E-state index in [0.717, 1.165) is 13.1 Å². The van der Waals surface area contributed by atoms with Crippen LogP contribution in [-0.2, 0) is 20.6 Å². The molecule has 1 unspecified atom stereocenters. The number of aryl methyl sites for hydroxylation is 3. The third-order valence-corrected chi connectivity index (χ3v) is 6.69. The Morgan fingerprint density at radius 1 is 1.11 bits per heavy atom. The minimum absolute atomic E-state index is 0.368. The Kier molecular flexibility index (Phi) is 3.78. The lowest BCUT2D eigenvalue weighted by Gasteiger charge is -2.32. The van der Waals surface area contributed by atoms with Crippen LogP contribution in [-0.4, -0.2) is 32.8 Å². The normalized spacial score (nSPS) is 17.6. The number of aromatic nitrogens is 3. The van der Waals surface area contributed by atoms with E-state index in [0.29, 0.717) is 5.92 Å². The molecule has 0 radical (unpaired) electrons. The van der Waals surface area contributed by atoms with Crippen LogP contribution >= 0.6 is 11.3 Å². The van der Waals surface area contributed by atoms with E-state index in [1.807, 2.05) is 17.9 Å². The molecule has 0 fully saturated rings. The van der Waals surface area contributed by atoms with Crippen LogP contribution in [0, 0.1) is 6.92 Å². The molecule has 4 aromatic rings. The molecule has 4 heterocycles. The van der Waals surface area contributed by atoms with Gasteiger partial charge in [-0.05, 0) is 48.7 Å². The third-order valence-electron chi connectivity index (χ3n) is 5.93. The molecule has 27 heavy (non-hydrogen) atoms. The number of hydrogen-bond acceptors (Lipinski definition) is 3. The van der Waals surface area contributed by atoms with Gasteiger partial charge < -0.3 is 9.47 Å². The predicted octanol–water partition coefficient (Wildman–Crippen LogP) is 4.53. The second-order valence-corrected chi connectivity index (χ2v) is 8.52. The minimum atomic E-state index is 0.368. The van der Waals surface area contributed by atoms with Crippen molar-refractivity contribution in [3.63, 3.8) is 0 Å². The average Bonchev–Trinajstić information content (AvgIpc) is 3.33. The molecule has 1 aliphatic rings. The molecule has 138 valence electrons. The smallest absolute Gasteiger partial charge is 0.0690 e. The van der Waals surface area contributed by atoms with E-state index in [1.165, 1.54) is 44.5 Å². The van der Waals surface area contributed by atoms with Gasteiger partial charge in [-0.1, -0.05) is 11.6 Å². The van der Waals surface area contributed by atoms with E-state index in [9.17, 15) is 0 Å². The molecule has 1 aliphatic heterocycles. The van der Waals surface area contributed by atoms with Gasteiger partial charge >= 0.3 is 0 Å². The summed E-state index contributed by atoms with van der Waals surface area (Å²) in [5, 5.41) is 10.4. The maximum atomic E-state index is 4.39. The first-order valence-electron chi connectivity index (χ1n) is 9.35. The summed E-state index contributed by atoms with van der Waals surface area (Å²) >= 11 is 1.79. The van der Waals surface area contributed by atoms with Crippen LogP contribution in [0.2, 0.25) is 0 Å². The highest BCUT2D eigenvalue weighted by molar-refractivity contribution is 7.08. The van der Waals surface area contributed by atoms with Crippen LogP contribution in [0.5, 0.6) is 0 Å². The molecule has 0 saturated carbocycles. The number of thiophene rings is 1. The zero-order chi connectivity index (χ0) is 18.7. The van der Waals surface area contributed by atoms with Crippen LogP contribution in [0.1, 0.15) is 28.3 Å². The van der Waals surface area contributed by atoms with Gasteiger partial charge in [-0.25, -0.2) is 0 Å².